The fourth-order valence-electron chi connectivity index (χ4n) is 2.52. The Bertz CT molecular complexity index is 407. The molecule has 4 heteroatoms. The van der Waals surface area contributed by atoms with Gasteiger partial charge < -0.3 is 10.6 Å². The van der Waals surface area contributed by atoms with E-state index in [2.05, 4.69) is 43.8 Å². The number of nitrogens with zero attached hydrogens (tertiary/aromatic N) is 2. The van der Waals surface area contributed by atoms with E-state index in [9.17, 15) is 0 Å². The fourth-order valence-corrected chi connectivity index (χ4v) is 2.75. The first-order chi connectivity index (χ1) is 9.49. The van der Waals surface area contributed by atoms with E-state index >= 15 is 0 Å². The Kier molecular flexibility index (Phi) is 7.52. The van der Waals surface area contributed by atoms with Crippen LogP contribution in [0.2, 0.25) is 5.02 Å². The molecule has 114 valence electrons. The van der Waals surface area contributed by atoms with Gasteiger partial charge in [0.05, 0.1) is 0 Å². The summed E-state index contributed by atoms with van der Waals surface area (Å²) in [6.07, 6.45) is 1.14. The molecule has 0 bridgehead atoms. The molecule has 0 aromatic heterocycles. The third kappa shape index (κ3) is 5.06. The second kappa shape index (κ2) is 8.63. The highest BCUT2D eigenvalue weighted by Gasteiger charge is 2.20. The minimum absolute atomic E-state index is 0.271. The van der Waals surface area contributed by atoms with Crippen molar-refractivity contribution >= 4 is 11.6 Å². The molecule has 0 amide bonds. The van der Waals surface area contributed by atoms with Crippen molar-refractivity contribution in [2.45, 2.75) is 26.3 Å². The molecule has 0 aliphatic heterocycles. The van der Waals surface area contributed by atoms with E-state index in [4.69, 9.17) is 17.3 Å². The Morgan fingerprint density at radius 2 is 1.90 bits per heavy atom. The Morgan fingerprint density at radius 3 is 2.40 bits per heavy atom. The number of nitrogens with two attached hydrogens (primary N) is 1. The molecule has 1 rings (SSSR count). The van der Waals surface area contributed by atoms with E-state index in [0.717, 1.165) is 31.1 Å². The van der Waals surface area contributed by atoms with Gasteiger partial charge in [0.15, 0.2) is 0 Å². The first-order valence-electron chi connectivity index (χ1n) is 7.34. The van der Waals surface area contributed by atoms with Crippen molar-refractivity contribution in [1.29, 1.82) is 0 Å². The van der Waals surface area contributed by atoms with Crippen LogP contribution in [0.3, 0.4) is 0 Å². The molecule has 0 saturated carbocycles. The maximum Gasteiger partial charge on any atom is 0.0473 e. The summed E-state index contributed by atoms with van der Waals surface area (Å²) in [5.74, 6) is 0. The number of aryl methyl sites for hydroxylation is 1. The van der Waals surface area contributed by atoms with E-state index in [1.165, 1.54) is 11.1 Å². The maximum atomic E-state index is 6.06. The van der Waals surface area contributed by atoms with E-state index in [0.29, 0.717) is 6.54 Å². The van der Waals surface area contributed by atoms with E-state index < -0.39 is 0 Å². The van der Waals surface area contributed by atoms with Crippen LogP contribution >= 0.6 is 11.6 Å². The summed E-state index contributed by atoms with van der Waals surface area (Å²) in [4.78, 5) is 4.70. The highest BCUT2D eigenvalue weighted by molar-refractivity contribution is 6.30. The van der Waals surface area contributed by atoms with Crippen LogP contribution in [0, 0.1) is 6.92 Å². The number of likely N-dealkylation sites (N-methyl/N-ethyl adjacent to an activating group) is 1. The SMILES string of the molecule is CCCN(CCN(C)C)C(CN)c1ccc(Cl)cc1C. The fraction of sp³-hybridized carbons (Fsp3) is 0.625. The van der Waals surface area contributed by atoms with Crippen molar-refractivity contribution in [2.75, 3.05) is 40.3 Å². The van der Waals surface area contributed by atoms with Gasteiger partial charge in [-0.05, 0) is 57.2 Å². The maximum absolute atomic E-state index is 6.06. The lowest BCUT2D eigenvalue weighted by Crippen LogP contribution is -2.39. The second-order valence-corrected chi connectivity index (χ2v) is 6.03. The highest BCUT2D eigenvalue weighted by atomic mass is 35.5. The minimum atomic E-state index is 0.271. The van der Waals surface area contributed by atoms with Crippen molar-refractivity contribution < 1.29 is 0 Å². The molecule has 20 heavy (non-hydrogen) atoms. The monoisotopic (exact) mass is 297 g/mol. The molecule has 1 unspecified atom stereocenters. The van der Waals surface area contributed by atoms with Crippen LogP contribution in [-0.2, 0) is 0 Å². The van der Waals surface area contributed by atoms with Crippen LogP contribution in [0.5, 0.6) is 0 Å². The van der Waals surface area contributed by atoms with Gasteiger partial charge >= 0.3 is 0 Å². The number of hydrogen-bond acceptors (Lipinski definition) is 3. The number of halogens is 1. The molecule has 0 spiro atoms. The van der Waals surface area contributed by atoms with E-state index in [-0.39, 0.29) is 6.04 Å². The molecule has 0 aliphatic rings. The molecular formula is C16H28ClN3. The Labute approximate surface area is 128 Å². The lowest BCUT2D eigenvalue weighted by molar-refractivity contribution is 0.182. The van der Waals surface area contributed by atoms with E-state index in [1.807, 2.05) is 12.1 Å². The van der Waals surface area contributed by atoms with Gasteiger partial charge in [-0.15, -0.1) is 0 Å². The Balaban J connectivity index is 2.93. The van der Waals surface area contributed by atoms with Gasteiger partial charge in [0, 0.05) is 30.7 Å². The van der Waals surface area contributed by atoms with Crippen molar-refractivity contribution in [3.63, 3.8) is 0 Å². The lowest BCUT2D eigenvalue weighted by atomic mass is 9.99. The molecule has 2 N–H and O–H groups in total. The van der Waals surface area contributed by atoms with Crippen molar-refractivity contribution in [1.82, 2.24) is 9.80 Å². The molecule has 0 aliphatic carbocycles. The van der Waals surface area contributed by atoms with Gasteiger partial charge in [-0.25, -0.2) is 0 Å². The quantitative estimate of drug-likeness (QED) is 0.801. The summed E-state index contributed by atoms with van der Waals surface area (Å²) < 4.78 is 0. The van der Waals surface area contributed by atoms with Crippen molar-refractivity contribution in [3.8, 4) is 0 Å². The van der Waals surface area contributed by atoms with Gasteiger partial charge in [0.1, 0.15) is 0 Å². The number of benzene rings is 1. The van der Waals surface area contributed by atoms with Gasteiger partial charge in [0.25, 0.3) is 0 Å². The summed E-state index contributed by atoms with van der Waals surface area (Å²) in [6, 6.07) is 6.37. The zero-order chi connectivity index (χ0) is 15.1. The van der Waals surface area contributed by atoms with Crippen LogP contribution in [-0.4, -0.2) is 50.1 Å². The highest BCUT2D eigenvalue weighted by Crippen LogP contribution is 2.25. The minimum Gasteiger partial charge on any atom is -0.329 e. The van der Waals surface area contributed by atoms with Gasteiger partial charge in [-0.1, -0.05) is 24.6 Å². The van der Waals surface area contributed by atoms with Gasteiger partial charge in [0.2, 0.25) is 0 Å². The third-order valence-corrected chi connectivity index (χ3v) is 3.84. The predicted octanol–water partition coefficient (Wildman–Crippen LogP) is 2.92. The molecule has 0 heterocycles. The zero-order valence-corrected chi connectivity index (χ0v) is 14.0. The van der Waals surface area contributed by atoms with Crippen LogP contribution < -0.4 is 5.73 Å². The first-order valence-corrected chi connectivity index (χ1v) is 7.72. The lowest BCUT2D eigenvalue weighted by Gasteiger charge is -2.33. The molecule has 0 fully saturated rings. The van der Waals surface area contributed by atoms with Crippen LogP contribution in [0.15, 0.2) is 18.2 Å². The smallest absolute Gasteiger partial charge is 0.0473 e. The van der Waals surface area contributed by atoms with Gasteiger partial charge in [-0.2, -0.15) is 0 Å². The number of hydrogen-bond donors (Lipinski definition) is 1. The normalized spacial score (nSPS) is 13.2. The summed E-state index contributed by atoms with van der Waals surface area (Å²) in [6.45, 7) is 8.10. The average Bonchev–Trinajstić information content (AvgIpc) is 2.38. The Morgan fingerprint density at radius 1 is 1.20 bits per heavy atom. The summed E-state index contributed by atoms with van der Waals surface area (Å²) in [7, 11) is 4.21. The summed E-state index contributed by atoms with van der Waals surface area (Å²) >= 11 is 6.06. The molecule has 1 aromatic carbocycles. The molecule has 3 nitrogen and oxygen atoms in total. The second-order valence-electron chi connectivity index (χ2n) is 5.59. The topological polar surface area (TPSA) is 32.5 Å². The van der Waals surface area contributed by atoms with Crippen LogP contribution in [0.1, 0.15) is 30.5 Å². The largest absolute Gasteiger partial charge is 0.329 e. The van der Waals surface area contributed by atoms with Gasteiger partial charge in [-0.3, -0.25) is 4.90 Å². The van der Waals surface area contributed by atoms with Crippen molar-refractivity contribution in [2.24, 2.45) is 5.73 Å². The van der Waals surface area contributed by atoms with Crippen LogP contribution in [0.4, 0.5) is 0 Å². The molecule has 0 saturated heterocycles. The van der Waals surface area contributed by atoms with Crippen molar-refractivity contribution in [3.05, 3.63) is 34.3 Å². The predicted molar refractivity (Wildman–Crippen MR) is 88.4 cm³/mol. The standard InChI is InChI=1S/C16H28ClN3/c1-5-8-20(10-9-19(3)4)16(12-18)15-7-6-14(17)11-13(15)2/h6-7,11,16H,5,8-10,12,18H2,1-4H3. The molecule has 1 atom stereocenters. The van der Waals surface area contributed by atoms with Crippen LogP contribution in [0.25, 0.3) is 0 Å². The molecular weight excluding hydrogens is 270 g/mol. The van der Waals surface area contributed by atoms with E-state index in [1.54, 1.807) is 0 Å². The summed E-state index contributed by atoms with van der Waals surface area (Å²) in [5, 5.41) is 0.789. The Hall–Kier alpha value is -0.610. The number of rotatable bonds is 8. The first kappa shape index (κ1) is 17.4. The molecule has 1 aromatic rings. The third-order valence-electron chi connectivity index (χ3n) is 3.60. The average molecular weight is 298 g/mol. The summed E-state index contributed by atoms with van der Waals surface area (Å²) in [5.41, 5.74) is 8.58. The molecule has 0 radical (unpaired) electrons. The zero-order valence-electron chi connectivity index (χ0n) is 13.2.